The molecule has 0 saturated heterocycles. The summed E-state index contributed by atoms with van der Waals surface area (Å²) >= 11 is 1.80. The van der Waals surface area contributed by atoms with Gasteiger partial charge in [-0.05, 0) is 65.8 Å². The molecule has 1 aliphatic carbocycles. The number of carbonyl (C=O) groups excluding carboxylic acids is 1. The Morgan fingerprint density at radius 1 is 0.967 bits per heavy atom. The highest BCUT2D eigenvalue weighted by molar-refractivity contribution is 8.02. The van der Waals surface area contributed by atoms with Crippen LogP contribution in [0.2, 0.25) is 0 Å². The maximum absolute atomic E-state index is 12.3. The monoisotopic (exact) mass is 415 g/mol. The van der Waals surface area contributed by atoms with Gasteiger partial charge in [0.25, 0.3) is 5.91 Å². The first kappa shape index (κ1) is 19.1. The number of nitrogens with one attached hydrogen (secondary N) is 1. The predicted molar refractivity (Wildman–Crippen MR) is 126 cm³/mol. The summed E-state index contributed by atoms with van der Waals surface area (Å²) in [6.45, 7) is 1.65. The highest BCUT2D eigenvalue weighted by Crippen LogP contribution is 2.47. The van der Waals surface area contributed by atoms with Crippen LogP contribution in [0.1, 0.15) is 28.8 Å². The van der Waals surface area contributed by atoms with E-state index in [0.29, 0.717) is 12.1 Å². The van der Waals surface area contributed by atoms with Gasteiger partial charge in [-0.25, -0.2) is 0 Å². The van der Waals surface area contributed by atoms with Crippen LogP contribution in [0.15, 0.2) is 72.8 Å². The smallest absolute Gasteiger partial charge is 0.251 e. The Labute approximate surface area is 182 Å². The van der Waals surface area contributed by atoms with Crippen LogP contribution in [-0.4, -0.2) is 19.5 Å². The first-order chi connectivity index (χ1) is 14.7. The van der Waals surface area contributed by atoms with Crippen LogP contribution in [0.3, 0.4) is 0 Å². The van der Waals surface area contributed by atoms with E-state index in [2.05, 4.69) is 63.4 Å². The van der Waals surface area contributed by atoms with E-state index in [1.54, 1.807) is 12.1 Å². The van der Waals surface area contributed by atoms with Crippen LogP contribution >= 0.6 is 12.1 Å². The minimum absolute atomic E-state index is 0.0482. The van der Waals surface area contributed by atoms with Gasteiger partial charge in [-0.1, -0.05) is 42.5 Å². The number of carbonyl (C=O) groups is 1. The van der Waals surface area contributed by atoms with Gasteiger partial charge in [0.2, 0.25) is 0 Å². The van der Waals surface area contributed by atoms with Gasteiger partial charge < -0.3 is 5.32 Å². The summed E-state index contributed by atoms with van der Waals surface area (Å²) in [5.41, 5.74) is 6.72. The molecule has 5 rings (SSSR count). The molecule has 1 saturated carbocycles. The van der Waals surface area contributed by atoms with Crippen molar-refractivity contribution in [3.63, 3.8) is 0 Å². The molecule has 0 spiro atoms. The second-order valence-corrected chi connectivity index (χ2v) is 9.19. The molecule has 30 heavy (non-hydrogen) atoms. The SMILES string of the molecule is CN1SN(CC2CC2)c2ccc(-c3cccc(CNC(=O)c4ccccc4)c3)cc21. The minimum Gasteiger partial charge on any atom is -0.348 e. The predicted octanol–water partition coefficient (Wildman–Crippen LogP) is 5.51. The van der Waals surface area contributed by atoms with Crippen LogP contribution in [-0.2, 0) is 6.54 Å². The van der Waals surface area contributed by atoms with Crippen LogP contribution in [0, 0.1) is 5.92 Å². The largest absolute Gasteiger partial charge is 0.348 e. The summed E-state index contributed by atoms with van der Waals surface area (Å²) in [6.07, 6.45) is 2.73. The van der Waals surface area contributed by atoms with Crippen LogP contribution in [0.25, 0.3) is 11.1 Å². The lowest BCUT2D eigenvalue weighted by Crippen LogP contribution is -2.22. The molecular formula is C25H25N3OS. The standard InChI is InChI=1S/C25H25N3OS/c1-27-24-15-22(12-13-23(24)28(30-27)17-18-10-11-18)21-9-5-6-19(14-21)16-26-25(29)20-7-3-2-4-8-20/h2-9,12-15,18H,10-11,16-17H2,1H3,(H,26,29). The van der Waals surface area contributed by atoms with E-state index in [1.807, 2.05) is 30.3 Å². The van der Waals surface area contributed by atoms with Crippen molar-refractivity contribution in [3.05, 3.63) is 83.9 Å². The Morgan fingerprint density at radius 3 is 2.57 bits per heavy atom. The zero-order chi connectivity index (χ0) is 20.5. The van der Waals surface area contributed by atoms with Gasteiger partial charge in [0.1, 0.15) is 0 Å². The zero-order valence-corrected chi connectivity index (χ0v) is 17.9. The Kier molecular flexibility index (Phi) is 5.13. The summed E-state index contributed by atoms with van der Waals surface area (Å²) in [5.74, 6) is 0.812. The first-order valence-corrected chi connectivity index (χ1v) is 11.2. The molecule has 0 atom stereocenters. The summed E-state index contributed by atoms with van der Waals surface area (Å²) < 4.78 is 4.68. The maximum atomic E-state index is 12.3. The van der Waals surface area contributed by atoms with Crippen molar-refractivity contribution in [2.45, 2.75) is 19.4 Å². The average molecular weight is 416 g/mol. The van der Waals surface area contributed by atoms with E-state index < -0.39 is 0 Å². The molecule has 2 aliphatic rings. The average Bonchev–Trinajstić information content (AvgIpc) is 3.56. The van der Waals surface area contributed by atoms with Crippen LogP contribution in [0.5, 0.6) is 0 Å². The summed E-state index contributed by atoms with van der Waals surface area (Å²) in [6, 6.07) is 24.5. The van der Waals surface area contributed by atoms with E-state index >= 15 is 0 Å². The van der Waals surface area contributed by atoms with Crippen molar-refractivity contribution < 1.29 is 4.79 Å². The van der Waals surface area contributed by atoms with E-state index in [0.717, 1.165) is 18.0 Å². The number of amides is 1. The Hall–Kier alpha value is -2.92. The van der Waals surface area contributed by atoms with Gasteiger partial charge in [-0.15, -0.1) is 0 Å². The van der Waals surface area contributed by atoms with Crippen LogP contribution < -0.4 is 13.9 Å². The van der Waals surface area contributed by atoms with Gasteiger partial charge in [0, 0.05) is 25.7 Å². The fourth-order valence-corrected chi connectivity index (χ4v) is 4.85. The van der Waals surface area contributed by atoms with Crippen molar-refractivity contribution in [2.75, 3.05) is 22.2 Å². The third kappa shape index (κ3) is 4.03. The number of benzene rings is 3. The molecule has 0 bridgehead atoms. The zero-order valence-electron chi connectivity index (χ0n) is 17.0. The highest BCUT2D eigenvalue weighted by Gasteiger charge is 2.31. The van der Waals surface area contributed by atoms with Crippen molar-refractivity contribution in [2.24, 2.45) is 5.92 Å². The molecule has 1 heterocycles. The number of anilines is 2. The van der Waals surface area contributed by atoms with Gasteiger partial charge >= 0.3 is 0 Å². The van der Waals surface area contributed by atoms with Crippen molar-refractivity contribution in [1.82, 2.24) is 5.32 Å². The molecule has 3 aromatic rings. The lowest BCUT2D eigenvalue weighted by molar-refractivity contribution is 0.0951. The molecule has 1 fully saturated rings. The van der Waals surface area contributed by atoms with Crippen molar-refractivity contribution in [1.29, 1.82) is 0 Å². The van der Waals surface area contributed by atoms with Crippen LogP contribution in [0.4, 0.5) is 11.4 Å². The molecule has 152 valence electrons. The number of hydrogen-bond donors (Lipinski definition) is 1. The number of hydrogen-bond acceptors (Lipinski definition) is 4. The van der Waals surface area contributed by atoms with Crippen molar-refractivity contribution in [3.8, 4) is 11.1 Å². The van der Waals surface area contributed by atoms with E-state index in [9.17, 15) is 4.79 Å². The Balaban J connectivity index is 1.32. The molecule has 1 amide bonds. The van der Waals surface area contributed by atoms with Gasteiger partial charge in [-0.3, -0.25) is 13.4 Å². The minimum atomic E-state index is -0.0482. The fourth-order valence-electron chi connectivity index (χ4n) is 3.80. The third-order valence-corrected chi connectivity index (χ3v) is 6.66. The summed E-state index contributed by atoms with van der Waals surface area (Å²) in [5, 5.41) is 3.02. The molecule has 0 aromatic heterocycles. The van der Waals surface area contributed by atoms with E-state index in [1.165, 1.54) is 35.3 Å². The molecule has 3 aromatic carbocycles. The normalized spacial score (nSPS) is 15.2. The maximum Gasteiger partial charge on any atom is 0.251 e. The summed E-state index contributed by atoms with van der Waals surface area (Å²) in [7, 11) is 2.13. The van der Waals surface area contributed by atoms with Crippen molar-refractivity contribution >= 4 is 29.4 Å². The molecule has 0 radical (unpaired) electrons. The fraction of sp³-hybridized carbons (Fsp3) is 0.240. The third-order valence-electron chi connectivity index (χ3n) is 5.67. The van der Waals surface area contributed by atoms with E-state index in [4.69, 9.17) is 0 Å². The number of rotatable bonds is 6. The Morgan fingerprint density at radius 2 is 1.77 bits per heavy atom. The quantitative estimate of drug-likeness (QED) is 0.538. The topological polar surface area (TPSA) is 35.6 Å². The van der Waals surface area contributed by atoms with Gasteiger partial charge in [0.05, 0.1) is 23.5 Å². The molecular weight excluding hydrogens is 390 g/mol. The molecule has 0 unspecified atom stereocenters. The second-order valence-electron chi connectivity index (χ2n) is 8.04. The molecule has 5 heteroatoms. The Bertz CT molecular complexity index is 1060. The molecule has 4 nitrogen and oxygen atoms in total. The first-order valence-electron chi connectivity index (χ1n) is 10.4. The number of fused-ring (bicyclic) bond motifs is 1. The lowest BCUT2D eigenvalue weighted by Gasteiger charge is -2.16. The number of nitrogens with zero attached hydrogens (tertiary/aromatic N) is 2. The highest BCUT2D eigenvalue weighted by atomic mass is 32.2. The van der Waals surface area contributed by atoms with Gasteiger partial charge in [-0.2, -0.15) is 0 Å². The van der Waals surface area contributed by atoms with E-state index in [-0.39, 0.29) is 5.91 Å². The lowest BCUT2D eigenvalue weighted by atomic mass is 10.0. The molecule has 1 aliphatic heterocycles. The second kappa shape index (κ2) is 8.07. The molecule has 1 N–H and O–H groups in total. The summed E-state index contributed by atoms with van der Waals surface area (Å²) in [4.78, 5) is 12.3. The van der Waals surface area contributed by atoms with Gasteiger partial charge in [0.15, 0.2) is 0 Å².